The van der Waals surface area contributed by atoms with Crippen LogP contribution < -0.4 is 5.32 Å². The zero-order valence-corrected chi connectivity index (χ0v) is 15.5. The van der Waals surface area contributed by atoms with E-state index in [1.807, 2.05) is 6.07 Å². The van der Waals surface area contributed by atoms with E-state index in [-0.39, 0.29) is 17.9 Å². The summed E-state index contributed by atoms with van der Waals surface area (Å²) in [6.45, 7) is 5.24. The highest BCUT2D eigenvalue weighted by Crippen LogP contribution is 2.37. The van der Waals surface area contributed by atoms with E-state index in [0.717, 1.165) is 58.2 Å². The number of nitrogens with one attached hydrogen (secondary N) is 1. The molecule has 0 saturated carbocycles. The van der Waals surface area contributed by atoms with Gasteiger partial charge in [0.25, 0.3) is 0 Å². The van der Waals surface area contributed by atoms with Crippen LogP contribution in [0.15, 0.2) is 24.3 Å². The SMILES string of the molecule is CC1(C(=O)NCCCCN2CCCC2CO)CCCc2ccccc21. The van der Waals surface area contributed by atoms with Gasteiger partial charge in [-0.2, -0.15) is 0 Å². The molecule has 0 spiro atoms. The standard InChI is InChI=1S/C21H32N2O2/c1-21(12-6-9-17-8-2-3-11-19(17)21)20(25)22-13-4-5-14-23-15-7-10-18(23)16-24/h2-3,8,11,18,24H,4-7,9-10,12-16H2,1H3,(H,22,25). The monoisotopic (exact) mass is 344 g/mol. The summed E-state index contributed by atoms with van der Waals surface area (Å²) >= 11 is 0. The quantitative estimate of drug-likeness (QED) is 0.748. The number of unbranched alkanes of at least 4 members (excludes halogenated alkanes) is 1. The first-order valence-corrected chi connectivity index (χ1v) is 9.87. The van der Waals surface area contributed by atoms with Crippen molar-refractivity contribution in [1.82, 2.24) is 10.2 Å². The first kappa shape index (κ1) is 18.4. The molecule has 1 fully saturated rings. The van der Waals surface area contributed by atoms with E-state index in [2.05, 4.69) is 35.3 Å². The van der Waals surface area contributed by atoms with Crippen molar-refractivity contribution in [2.45, 2.75) is 63.3 Å². The summed E-state index contributed by atoms with van der Waals surface area (Å²) in [7, 11) is 0. The third-order valence-corrected chi connectivity index (χ3v) is 6.10. The highest BCUT2D eigenvalue weighted by Gasteiger charge is 2.38. The summed E-state index contributed by atoms with van der Waals surface area (Å²) in [5.74, 6) is 0.175. The van der Waals surface area contributed by atoms with E-state index in [1.54, 1.807) is 0 Å². The normalized spacial score (nSPS) is 26.4. The lowest BCUT2D eigenvalue weighted by molar-refractivity contribution is -0.126. The number of nitrogens with zero attached hydrogens (tertiary/aromatic N) is 1. The number of aliphatic hydroxyl groups excluding tert-OH is 1. The molecule has 1 amide bonds. The number of likely N-dealkylation sites (tertiary alicyclic amines) is 1. The molecule has 1 heterocycles. The smallest absolute Gasteiger partial charge is 0.230 e. The number of hydrogen-bond acceptors (Lipinski definition) is 3. The Labute approximate surface area is 151 Å². The topological polar surface area (TPSA) is 52.6 Å². The van der Waals surface area contributed by atoms with Crippen molar-refractivity contribution in [2.24, 2.45) is 0 Å². The third-order valence-electron chi connectivity index (χ3n) is 6.10. The van der Waals surface area contributed by atoms with Crippen LogP contribution in [-0.4, -0.2) is 48.2 Å². The molecule has 25 heavy (non-hydrogen) atoms. The minimum Gasteiger partial charge on any atom is -0.395 e. The highest BCUT2D eigenvalue weighted by atomic mass is 16.3. The summed E-state index contributed by atoms with van der Waals surface area (Å²) in [4.78, 5) is 15.2. The predicted molar refractivity (Wildman–Crippen MR) is 101 cm³/mol. The molecule has 138 valence electrons. The molecule has 1 aromatic carbocycles. The second-order valence-electron chi connectivity index (χ2n) is 7.82. The van der Waals surface area contributed by atoms with Crippen LogP contribution in [-0.2, 0) is 16.6 Å². The minimum absolute atomic E-state index is 0.175. The number of carbonyl (C=O) groups is 1. The lowest BCUT2D eigenvalue weighted by Crippen LogP contribution is -2.44. The Kier molecular flexibility index (Phi) is 6.13. The van der Waals surface area contributed by atoms with Gasteiger partial charge in [0.2, 0.25) is 5.91 Å². The van der Waals surface area contributed by atoms with Crippen LogP contribution in [0.5, 0.6) is 0 Å². The molecule has 4 heteroatoms. The number of fused-ring (bicyclic) bond motifs is 1. The van der Waals surface area contributed by atoms with E-state index in [0.29, 0.717) is 6.04 Å². The lowest BCUT2D eigenvalue weighted by atomic mass is 9.70. The first-order valence-electron chi connectivity index (χ1n) is 9.87. The fourth-order valence-electron chi connectivity index (χ4n) is 4.51. The Hall–Kier alpha value is -1.39. The largest absolute Gasteiger partial charge is 0.395 e. The second-order valence-corrected chi connectivity index (χ2v) is 7.82. The number of carbonyl (C=O) groups excluding carboxylic acids is 1. The van der Waals surface area contributed by atoms with E-state index >= 15 is 0 Å². The van der Waals surface area contributed by atoms with E-state index in [1.165, 1.54) is 17.5 Å². The number of amides is 1. The average Bonchev–Trinajstić information content (AvgIpc) is 3.09. The van der Waals surface area contributed by atoms with Gasteiger partial charge < -0.3 is 10.4 Å². The van der Waals surface area contributed by atoms with Gasteiger partial charge in [-0.3, -0.25) is 9.69 Å². The molecule has 1 aliphatic heterocycles. The Morgan fingerprint density at radius 1 is 1.32 bits per heavy atom. The maximum absolute atomic E-state index is 12.8. The summed E-state index contributed by atoms with van der Waals surface area (Å²) in [6, 6.07) is 8.75. The molecule has 1 aliphatic carbocycles. The van der Waals surface area contributed by atoms with Crippen molar-refractivity contribution in [3.8, 4) is 0 Å². The summed E-state index contributed by atoms with van der Waals surface area (Å²) in [6.07, 6.45) is 7.48. The molecule has 2 N–H and O–H groups in total. The Balaban J connectivity index is 1.45. The van der Waals surface area contributed by atoms with Crippen molar-refractivity contribution in [3.63, 3.8) is 0 Å². The van der Waals surface area contributed by atoms with Crippen LogP contribution in [0.1, 0.15) is 56.6 Å². The van der Waals surface area contributed by atoms with E-state index in [9.17, 15) is 9.90 Å². The van der Waals surface area contributed by atoms with Crippen LogP contribution >= 0.6 is 0 Å². The maximum Gasteiger partial charge on any atom is 0.230 e. The van der Waals surface area contributed by atoms with Crippen molar-refractivity contribution in [2.75, 3.05) is 26.2 Å². The summed E-state index contributed by atoms with van der Waals surface area (Å²) < 4.78 is 0. The zero-order chi connectivity index (χ0) is 17.7. The van der Waals surface area contributed by atoms with Gasteiger partial charge >= 0.3 is 0 Å². The van der Waals surface area contributed by atoms with Gasteiger partial charge in [-0.25, -0.2) is 0 Å². The molecule has 0 aromatic heterocycles. The van der Waals surface area contributed by atoms with Crippen LogP contribution in [0.4, 0.5) is 0 Å². The molecular formula is C21H32N2O2. The second kappa shape index (κ2) is 8.33. The Bertz CT molecular complexity index is 589. The van der Waals surface area contributed by atoms with Crippen LogP contribution in [0, 0.1) is 0 Å². The fourth-order valence-corrected chi connectivity index (χ4v) is 4.51. The average molecular weight is 344 g/mol. The van der Waals surface area contributed by atoms with Gasteiger partial charge in [0, 0.05) is 12.6 Å². The number of benzene rings is 1. The molecule has 2 aliphatic rings. The van der Waals surface area contributed by atoms with Gasteiger partial charge in [0.1, 0.15) is 0 Å². The molecule has 1 saturated heterocycles. The Morgan fingerprint density at radius 2 is 2.16 bits per heavy atom. The van der Waals surface area contributed by atoms with Crippen molar-refractivity contribution in [1.29, 1.82) is 0 Å². The molecule has 0 bridgehead atoms. The van der Waals surface area contributed by atoms with Gasteiger partial charge in [-0.05, 0) is 76.1 Å². The van der Waals surface area contributed by atoms with Gasteiger partial charge in [-0.15, -0.1) is 0 Å². The molecule has 0 radical (unpaired) electrons. The van der Waals surface area contributed by atoms with Gasteiger partial charge in [0.15, 0.2) is 0 Å². The number of aryl methyl sites for hydroxylation is 1. The molecule has 1 aromatic rings. The van der Waals surface area contributed by atoms with Crippen LogP contribution in [0.25, 0.3) is 0 Å². The Morgan fingerprint density at radius 3 is 3.00 bits per heavy atom. The number of hydrogen-bond donors (Lipinski definition) is 2. The third kappa shape index (κ3) is 4.06. The predicted octanol–water partition coefficient (Wildman–Crippen LogP) is 2.63. The van der Waals surface area contributed by atoms with Crippen LogP contribution in [0.3, 0.4) is 0 Å². The zero-order valence-electron chi connectivity index (χ0n) is 15.5. The highest BCUT2D eigenvalue weighted by molar-refractivity contribution is 5.88. The minimum atomic E-state index is -0.383. The molecular weight excluding hydrogens is 312 g/mol. The van der Waals surface area contributed by atoms with Gasteiger partial charge in [0.05, 0.1) is 12.0 Å². The molecule has 2 unspecified atom stereocenters. The van der Waals surface area contributed by atoms with Crippen molar-refractivity contribution in [3.05, 3.63) is 35.4 Å². The molecule has 4 nitrogen and oxygen atoms in total. The van der Waals surface area contributed by atoms with Crippen molar-refractivity contribution >= 4 is 5.91 Å². The summed E-state index contributed by atoms with van der Waals surface area (Å²) in [5, 5.41) is 12.5. The number of aliphatic hydroxyl groups is 1. The fraction of sp³-hybridized carbons (Fsp3) is 0.667. The van der Waals surface area contributed by atoms with E-state index in [4.69, 9.17) is 0 Å². The summed E-state index contributed by atoms with van der Waals surface area (Å²) in [5.41, 5.74) is 2.16. The maximum atomic E-state index is 12.8. The van der Waals surface area contributed by atoms with Gasteiger partial charge in [-0.1, -0.05) is 24.3 Å². The van der Waals surface area contributed by atoms with Crippen LogP contribution in [0.2, 0.25) is 0 Å². The molecule has 3 rings (SSSR count). The van der Waals surface area contributed by atoms with E-state index < -0.39 is 0 Å². The molecule has 2 atom stereocenters. The number of rotatable bonds is 7. The first-order chi connectivity index (χ1) is 12.1. The van der Waals surface area contributed by atoms with Crippen molar-refractivity contribution < 1.29 is 9.90 Å². The lowest BCUT2D eigenvalue weighted by Gasteiger charge is -2.34.